The van der Waals surface area contributed by atoms with Gasteiger partial charge >= 0.3 is 0 Å². The quantitative estimate of drug-likeness (QED) is 0.838. The average molecular weight is 306 g/mol. The monoisotopic (exact) mass is 306 g/mol. The van der Waals surface area contributed by atoms with Crippen molar-refractivity contribution in [2.24, 2.45) is 17.8 Å². The van der Waals surface area contributed by atoms with Crippen molar-refractivity contribution in [3.8, 4) is 0 Å². The zero-order valence-electron chi connectivity index (χ0n) is 12.5. The van der Waals surface area contributed by atoms with Crippen molar-refractivity contribution >= 4 is 11.6 Å². The summed E-state index contributed by atoms with van der Waals surface area (Å²) >= 11 is 0. The molecule has 22 heavy (non-hydrogen) atoms. The molecule has 2 aliphatic carbocycles. The first-order chi connectivity index (χ1) is 10.6. The van der Waals surface area contributed by atoms with E-state index in [1.807, 2.05) is 9.80 Å². The largest absolute Gasteiger partial charge is 0.366 e. The molecule has 4 rings (SSSR count). The normalized spacial score (nSPS) is 30.4. The zero-order valence-corrected chi connectivity index (χ0v) is 12.5. The molecule has 5 heteroatoms. The number of piperazine rings is 1. The van der Waals surface area contributed by atoms with Crippen LogP contribution in [-0.4, -0.2) is 37.0 Å². The highest BCUT2D eigenvalue weighted by molar-refractivity contribution is 5.82. The second kappa shape index (κ2) is 5.21. The molecule has 1 aliphatic heterocycles. The predicted molar refractivity (Wildman–Crippen MR) is 79.5 cm³/mol. The van der Waals surface area contributed by atoms with Gasteiger partial charge in [-0.3, -0.25) is 4.79 Å². The third-order valence-corrected chi connectivity index (χ3v) is 5.53. The summed E-state index contributed by atoms with van der Waals surface area (Å²) in [6.07, 6.45) is 3.68. The molecule has 3 fully saturated rings. The average Bonchev–Trinajstić information content (AvgIpc) is 3.01. The van der Waals surface area contributed by atoms with E-state index in [0.717, 1.165) is 12.1 Å². The fraction of sp³-hybridized carbons (Fsp3) is 0.588. The van der Waals surface area contributed by atoms with Crippen LogP contribution >= 0.6 is 0 Å². The van der Waals surface area contributed by atoms with Gasteiger partial charge in [0.25, 0.3) is 0 Å². The maximum atomic E-state index is 13.8. The summed E-state index contributed by atoms with van der Waals surface area (Å²) in [5, 5.41) is 0. The number of carbonyl (C=O) groups excluding carboxylic acids is 1. The minimum absolute atomic E-state index is 0.256. The standard InChI is InChI=1S/C17H20F2N2O/c18-11-4-5-14(19)15(10-11)20-6-8-21(9-7-20)17(22)16-12-2-1-3-13(12)16/h4-5,10,12-13,16H,1-3,6-9H2/t12-,13-/m1/s1. The smallest absolute Gasteiger partial charge is 0.226 e. The van der Waals surface area contributed by atoms with Crippen molar-refractivity contribution in [1.29, 1.82) is 0 Å². The van der Waals surface area contributed by atoms with E-state index in [0.29, 0.717) is 43.7 Å². The lowest BCUT2D eigenvalue weighted by molar-refractivity contribution is -0.133. The molecule has 0 N–H and O–H groups in total. The fourth-order valence-corrected chi connectivity index (χ4v) is 4.29. The molecule has 1 saturated heterocycles. The number of halogens is 2. The van der Waals surface area contributed by atoms with Crippen LogP contribution < -0.4 is 4.90 Å². The zero-order chi connectivity index (χ0) is 15.3. The van der Waals surface area contributed by atoms with Crippen LogP contribution in [0.1, 0.15) is 19.3 Å². The van der Waals surface area contributed by atoms with Gasteiger partial charge in [-0.2, -0.15) is 0 Å². The Bertz CT molecular complexity index is 588. The summed E-state index contributed by atoms with van der Waals surface area (Å²) in [7, 11) is 0. The number of hydrogen-bond donors (Lipinski definition) is 0. The molecule has 0 radical (unpaired) electrons. The number of carbonyl (C=O) groups is 1. The molecule has 2 atom stereocenters. The first-order valence-electron chi connectivity index (χ1n) is 8.14. The number of nitrogens with zero attached hydrogens (tertiary/aromatic N) is 2. The first kappa shape index (κ1) is 14.0. The van der Waals surface area contributed by atoms with E-state index in [-0.39, 0.29) is 11.8 Å². The lowest BCUT2D eigenvalue weighted by atomic mass is 10.1. The predicted octanol–water partition coefficient (Wildman–Crippen LogP) is 2.66. The Morgan fingerprint density at radius 2 is 1.73 bits per heavy atom. The third-order valence-electron chi connectivity index (χ3n) is 5.53. The number of hydrogen-bond acceptors (Lipinski definition) is 2. The van der Waals surface area contributed by atoms with Crippen LogP contribution in [0.3, 0.4) is 0 Å². The lowest BCUT2D eigenvalue weighted by Gasteiger charge is -2.36. The summed E-state index contributed by atoms with van der Waals surface area (Å²) < 4.78 is 27.1. The van der Waals surface area contributed by atoms with Crippen molar-refractivity contribution in [2.45, 2.75) is 19.3 Å². The highest BCUT2D eigenvalue weighted by Crippen LogP contribution is 2.58. The van der Waals surface area contributed by atoms with Crippen molar-refractivity contribution in [1.82, 2.24) is 4.90 Å². The van der Waals surface area contributed by atoms with E-state index in [1.54, 1.807) is 0 Å². The van der Waals surface area contributed by atoms with E-state index in [9.17, 15) is 13.6 Å². The molecular weight excluding hydrogens is 286 g/mol. The van der Waals surface area contributed by atoms with Gasteiger partial charge in [0.05, 0.1) is 5.69 Å². The summed E-state index contributed by atoms with van der Waals surface area (Å²) in [4.78, 5) is 16.3. The molecule has 1 heterocycles. The molecule has 3 nitrogen and oxygen atoms in total. The number of rotatable bonds is 2. The van der Waals surface area contributed by atoms with Crippen LogP contribution in [0.15, 0.2) is 18.2 Å². The Hall–Kier alpha value is -1.65. The summed E-state index contributed by atoms with van der Waals surface area (Å²) in [5.74, 6) is 0.969. The Balaban J connectivity index is 1.38. The molecule has 0 unspecified atom stereocenters. The van der Waals surface area contributed by atoms with Crippen molar-refractivity contribution in [3.63, 3.8) is 0 Å². The lowest BCUT2D eigenvalue weighted by Crippen LogP contribution is -2.49. The minimum atomic E-state index is -0.430. The Morgan fingerprint density at radius 3 is 2.41 bits per heavy atom. The number of amides is 1. The van der Waals surface area contributed by atoms with Crippen molar-refractivity contribution in [3.05, 3.63) is 29.8 Å². The van der Waals surface area contributed by atoms with Crippen molar-refractivity contribution < 1.29 is 13.6 Å². The van der Waals surface area contributed by atoms with E-state index in [1.165, 1.54) is 25.3 Å². The number of anilines is 1. The summed E-state index contributed by atoms with van der Waals surface area (Å²) in [6, 6.07) is 3.52. The Labute approximate surface area is 128 Å². The minimum Gasteiger partial charge on any atom is -0.366 e. The van der Waals surface area contributed by atoms with E-state index >= 15 is 0 Å². The van der Waals surface area contributed by atoms with Crippen LogP contribution in [0, 0.1) is 29.4 Å². The molecule has 1 aromatic rings. The van der Waals surface area contributed by atoms with Crippen LogP contribution in [-0.2, 0) is 4.79 Å². The molecule has 1 amide bonds. The molecule has 118 valence electrons. The Kier molecular flexibility index (Phi) is 3.31. The van der Waals surface area contributed by atoms with Crippen LogP contribution in [0.25, 0.3) is 0 Å². The van der Waals surface area contributed by atoms with Gasteiger partial charge in [0, 0.05) is 38.2 Å². The second-order valence-electron chi connectivity index (χ2n) is 6.69. The maximum absolute atomic E-state index is 13.8. The molecule has 0 spiro atoms. The SMILES string of the molecule is O=C(C1[C@@H]2CCC[C@@H]12)N1CCN(c2cc(F)ccc2F)CC1. The molecular formula is C17H20F2N2O. The summed E-state index contributed by atoms with van der Waals surface area (Å²) in [6.45, 7) is 2.33. The van der Waals surface area contributed by atoms with E-state index < -0.39 is 11.6 Å². The van der Waals surface area contributed by atoms with Gasteiger partial charge in [-0.1, -0.05) is 6.42 Å². The Morgan fingerprint density at radius 1 is 1.05 bits per heavy atom. The fourth-order valence-electron chi connectivity index (χ4n) is 4.29. The topological polar surface area (TPSA) is 23.6 Å². The van der Waals surface area contributed by atoms with E-state index in [4.69, 9.17) is 0 Å². The van der Waals surface area contributed by atoms with Gasteiger partial charge < -0.3 is 9.80 Å². The summed E-state index contributed by atoms with van der Waals surface area (Å²) in [5.41, 5.74) is 0.301. The number of benzene rings is 1. The molecule has 2 saturated carbocycles. The van der Waals surface area contributed by atoms with Gasteiger partial charge in [-0.05, 0) is 36.8 Å². The molecule has 0 bridgehead atoms. The van der Waals surface area contributed by atoms with Gasteiger partial charge in [0.1, 0.15) is 11.6 Å². The third kappa shape index (κ3) is 2.27. The van der Waals surface area contributed by atoms with Crippen LogP contribution in [0.5, 0.6) is 0 Å². The highest BCUT2D eigenvalue weighted by atomic mass is 19.1. The van der Waals surface area contributed by atoms with Crippen LogP contribution in [0.4, 0.5) is 14.5 Å². The second-order valence-corrected chi connectivity index (χ2v) is 6.69. The van der Waals surface area contributed by atoms with Gasteiger partial charge in [-0.15, -0.1) is 0 Å². The molecule has 0 aromatic heterocycles. The highest BCUT2D eigenvalue weighted by Gasteiger charge is 2.57. The van der Waals surface area contributed by atoms with Gasteiger partial charge in [0.15, 0.2) is 0 Å². The maximum Gasteiger partial charge on any atom is 0.226 e. The molecule has 1 aromatic carbocycles. The van der Waals surface area contributed by atoms with Crippen LogP contribution in [0.2, 0.25) is 0 Å². The number of fused-ring (bicyclic) bond motifs is 1. The van der Waals surface area contributed by atoms with Gasteiger partial charge in [-0.25, -0.2) is 8.78 Å². The van der Waals surface area contributed by atoms with Gasteiger partial charge in [0.2, 0.25) is 5.91 Å². The first-order valence-corrected chi connectivity index (χ1v) is 8.14. The molecule has 3 aliphatic rings. The van der Waals surface area contributed by atoms with Crippen molar-refractivity contribution in [2.75, 3.05) is 31.1 Å². The van der Waals surface area contributed by atoms with E-state index in [2.05, 4.69) is 0 Å².